The van der Waals surface area contributed by atoms with Crippen molar-refractivity contribution in [2.24, 2.45) is 0 Å². The van der Waals surface area contributed by atoms with Crippen LogP contribution in [0.2, 0.25) is 5.02 Å². The van der Waals surface area contributed by atoms with E-state index < -0.39 is 24.1 Å². The Morgan fingerprint density at radius 2 is 1.96 bits per heavy atom. The molecule has 0 radical (unpaired) electrons. The number of hydrogen-bond acceptors (Lipinski definition) is 6. The summed E-state index contributed by atoms with van der Waals surface area (Å²) in [6.45, 7) is -0.650. The van der Waals surface area contributed by atoms with Crippen molar-refractivity contribution in [1.29, 1.82) is 5.26 Å². The van der Waals surface area contributed by atoms with Crippen LogP contribution >= 0.6 is 11.6 Å². The highest BCUT2D eigenvalue weighted by atomic mass is 35.5. The van der Waals surface area contributed by atoms with Gasteiger partial charge in [0.25, 0.3) is 5.91 Å². The molecule has 1 aromatic heterocycles. The molecular formula is C19H11ClN2O5. The molecule has 0 fully saturated rings. The minimum atomic E-state index is -0.990. The summed E-state index contributed by atoms with van der Waals surface area (Å²) in [5, 5.41) is 12.3. The second-order valence-corrected chi connectivity index (χ2v) is 5.85. The number of ether oxygens (including phenoxy) is 1. The fourth-order valence-corrected chi connectivity index (χ4v) is 2.49. The number of rotatable bonds is 4. The van der Waals surface area contributed by atoms with Crippen molar-refractivity contribution < 1.29 is 18.7 Å². The number of benzene rings is 2. The van der Waals surface area contributed by atoms with Gasteiger partial charge in [0, 0.05) is 10.4 Å². The van der Waals surface area contributed by atoms with Gasteiger partial charge in [-0.3, -0.25) is 4.79 Å². The van der Waals surface area contributed by atoms with Crippen LogP contribution in [0.1, 0.15) is 15.9 Å². The van der Waals surface area contributed by atoms with Gasteiger partial charge in [-0.15, -0.1) is 0 Å². The van der Waals surface area contributed by atoms with Gasteiger partial charge in [-0.05, 0) is 30.3 Å². The van der Waals surface area contributed by atoms with Gasteiger partial charge in [0.1, 0.15) is 17.2 Å². The first-order chi connectivity index (χ1) is 13.0. The Morgan fingerprint density at radius 3 is 2.74 bits per heavy atom. The molecule has 2 aromatic carbocycles. The molecule has 8 heteroatoms. The Kier molecular flexibility index (Phi) is 5.20. The van der Waals surface area contributed by atoms with Gasteiger partial charge in [0.05, 0.1) is 11.3 Å². The molecule has 1 heterocycles. The average Bonchev–Trinajstić information content (AvgIpc) is 2.65. The predicted octanol–water partition coefficient (Wildman–Crippen LogP) is 3.11. The molecule has 134 valence electrons. The second-order valence-electron chi connectivity index (χ2n) is 5.41. The fourth-order valence-electron chi connectivity index (χ4n) is 2.32. The number of halogens is 1. The van der Waals surface area contributed by atoms with Crippen LogP contribution in [0.5, 0.6) is 0 Å². The normalized spacial score (nSPS) is 10.2. The third kappa shape index (κ3) is 4.14. The largest absolute Gasteiger partial charge is 0.452 e. The minimum Gasteiger partial charge on any atom is -0.452 e. The Bertz CT molecular complexity index is 1150. The minimum absolute atomic E-state index is 0.191. The molecule has 0 aliphatic rings. The maximum absolute atomic E-state index is 12.1. The van der Waals surface area contributed by atoms with Crippen molar-refractivity contribution in [2.75, 3.05) is 11.9 Å². The number of hydrogen-bond donors (Lipinski definition) is 1. The Hall–Kier alpha value is -3.63. The number of nitrogens with one attached hydrogen (secondary N) is 1. The zero-order valence-electron chi connectivity index (χ0n) is 13.7. The standard InChI is InChI=1S/C19H11ClN2O5/c20-13-6-5-12(9-21)15(8-13)22-17(23)10-26-18(24)14-7-11-3-1-2-4-16(11)27-19(14)25/h1-8H,10H2,(H,22,23). The lowest BCUT2D eigenvalue weighted by atomic mass is 10.2. The first kappa shape index (κ1) is 18.2. The number of amides is 1. The van der Waals surface area contributed by atoms with E-state index in [1.54, 1.807) is 24.3 Å². The molecule has 0 saturated heterocycles. The fraction of sp³-hybridized carbons (Fsp3) is 0.0526. The molecule has 0 atom stereocenters. The van der Waals surface area contributed by atoms with Crippen molar-refractivity contribution in [3.63, 3.8) is 0 Å². The third-order valence-corrected chi connectivity index (χ3v) is 3.81. The number of carbonyl (C=O) groups is 2. The first-order valence-corrected chi connectivity index (χ1v) is 8.05. The molecular weight excluding hydrogens is 372 g/mol. The number of carbonyl (C=O) groups excluding carboxylic acids is 2. The quantitative estimate of drug-likeness (QED) is 0.548. The molecule has 7 nitrogen and oxygen atoms in total. The zero-order valence-corrected chi connectivity index (χ0v) is 14.4. The molecule has 1 amide bonds. The van der Waals surface area contributed by atoms with E-state index in [9.17, 15) is 14.4 Å². The molecule has 0 bridgehead atoms. The Labute approximate surface area is 157 Å². The molecule has 0 aliphatic heterocycles. The van der Waals surface area contributed by atoms with Crippen molar-refractivity contribution in [3.8, 4) is 6.07 Å². The molecule has 0 aliphatic carbocycles. The van der Waals surface area contributed by atoms with E-state index in [0.29, 0.717) is 16.0 Å². The number of nitrogens with zero attached hydrogens (tertiary/aromatic N) is 1. The number of fused-ring (bicyclic) bond motifs is 1. The molecule has 1 N–H and O–H groups in total. The summed E-state index contributed by atoms with van der Waals surface area (Å²) in [6, 6.07) is 14.3. The highest BCUT2D eigenvalue weighted by Crippen LogP contribution is 2.20. The molecule has 3 aromatic rings. The van der Waals surface area contributed by atoms with Crippen LogP contribution in [0.3, 0.4) is 0 Å². The zero-order chi connectivity index (χ0) is 19.4. The van der Waals surface area contributed by atoms with Gasteiger partial charge < -0.3 is 14.5 Å². The molecule has 0 spiro atoms. The Balaban J connectivity index is 1.70. The lowest BCUT2D eigenvalue weighted by molar-refractivity contribution is -0.119. The number of nitriles is 1. The maximum atomic E-state index is 12.1. The van der Waals surface area contributed by atoms with E-state index in [1.165, 1.54) is 24.3 Å². The van der Waals surface area contributed by atoms with Gasteiger partial charge in [-0.25, -0.2) is 9.59 Å². The monoisotopic (exact) mass is 382 g/mol. The van der Waals surface area contributed by atoms with Crippen molar-refractivity contribution in [2.45, 2.75) is 0 Å². The summed E-state index contributed by atoms with van der Waals surface area (Å²) in [4.78, 5) is 36.0. The van der Waals surface area contributed by atoms with E-state index in [2.05, 4.69) is 5.32 Å². The van der Waals surface area contributed by atoms with Gasteiger partial charge in [-0.2, -0.15) is 5.26 Å². The summed E-state index contributed by atoms with van der Waals surface area (Å²) in [5.41, 5.74) is -0.449. The summed E-state index contributed by atoms with van der Waals surface area (Å²) in [7, 11) is 0. The predicted molar refractivity (Wildman–Crippen MR) is 97.6 cm³/mol. The summed E-state index contributed by atoms with van der Waals surface area (Å²) in [5.74, 6) is -1.68. The van der Waals surface area contributed by atoms with Crippen molar-refractivity contribution in [1.82, 2.24) is 0 Å². The van der Waals surface area contributed by atoms with Gasteiger partial charge in [0.15, 0.2) is 6.61 Å². The third-order valence-electron chi connectivity index (χ3n) is 3.57. The molecule has 3 rings (SSSR count). The van der Waals surface area contributed by atoms with E-state index in [-0.39, 0.29) is 16.8 Å². The van der Waals surface area contributed by atoms with E-state index >= 15 is 0 Å². The highest BCUT2D eigenvalue weighted by molar-refractivity contribution is 6.31. The van der Waals surface area contributed by atoms with E-state index in [0.717, 1.165) is 0 Å². The first-order valence-electron chi connectivity index (χ1n) is 7.67. The highest BCUT2D eigenvalue weighted by Gasteiger charge is 2.17. The maximum Gasteiger partial charge on any atom is 0.351 e. The second kappa shape index (κ2) is 7.72. The van der Waals surface area contributed by atoms with Crippen molar-refractivity contribution in [3.05, 3.63) is 75.1 Å². The lowest BCUT2D eigenvalue weighted by Crippen LogP contribution is -2.24. The van der Waals surface area contributed by atoms with Crippen LogP contribution in [0.4, 0.5) is 5.69 Å². The molecule has 27 heavy (non-hydrogen) atoms. The van der Waals surface area contributed by atoms with Crippen LogP contribution in [0, 0.1) is 11.3 Å². The summed E-state index contributed by atoms with van der Waals surface area (Å²) >= 11 is 5.84. The Morgan fingerprint density at radius 1 is 1.19 bits per heavy atom. The number of para-hydroxylation sites is 1. The number of esters is 1. The van der Waals surface area contributed by atoms with Crippen molar-refractivity contribution >= 4 is 40.1 Å². The van der Waals surface area contributed by atoms with Crippen LogP contribution in [0.25, 0.3) is 11.0 Å². The van der Waals surface area contributed by atoms with Gasteiger partial charge >= 0.3 is 11.6 Å². The van der Waals surface area contributed by atoms with Gasteiger partial charge in [-0.1, -0.05) is 29.8 Å². The van der Waals surface area contributed by atoms with Crippen LogP contribution in [-0.4, -0.2) is 18.5 Å². The van der Waals surface area contributed by atoms with Crippen LogP contribution in [0.15, 0.2) is 57.7 Å². The SMILES string of the molecule is N#Cc1ccc(Cl)cc1NC(=O)COC(=O)c1cc2ccccc2oc1=O. The van der Waals surface area contributed by atoms with E-state index in [4.69, 9.17) is 26.0 Å². The smallest absolute Gasteiger partial charge is 0.351 e. The number of anilines is 1. The molecule has 0 unspecified atom stereocenters. The average molecular weight is 383 g/mol. The summed E-state index contributed by atoms with van der Waals surface area (Å²) < 4.78 is 9.92. The summed E-state index contributed by atoms with van der Waals surface area (Å²) in [6.07, 6.45) is 0. The van der Waals surface area contributed by atoms with Gasteiger partial charge in [0.2, 0.25) is 0 Å². The molecule has 0 saturated carbocycles. The lowest BCUT2D eigenvalue weighted by Gasteiger charge is -2.08. The van der Waals surface area contributed by atoms with Crippen LogP contribution < -0.4 is 10.9 Å². The van der Waals surface area contributed by atoms with E-state index in [1.807, 2.05) is 6.07 Å². The van der Waals surface area contributed by atoms with Crippen LogP contribution in [-0.2, 0) is 9.53 Å². The topological polar surface area (TPSA) is 109 Å².